The van der Waals surface area contributed by atoms with Crippen LogP contribution in [0.3, 0.4) is 0 Å². The summed E-state index contributed by atoms with van der Waals surface area (Å²) >= 11 is 5.91. The summed E-state index contributed by atoms with van der Waals surface area (Å²) in [5.41, 5.74) is 7.26. The molecule has 1 amide bonds. The highest BCUT2D eigenvalue weighted by atomic mass is 35.5. The molecule has 2 N–H and O–H groups in total. The summed E-state index contributed by atoms with van der Waals surface area (Å²) in [6.07, 6.45) is 0.370. The zero-order chi connectivity index (χ0) is 11.0. The lowest BCUT2D eigenvalue weighted by Crippen LogP contribution is -2.25. The van der Waals surface area contributed by atoms with Gasteiger partial charge in [0, 0.05) is 18.7 Å². The van der Waals surface area contributed by atoms with E-state index in [1.165, 1.54) is 0 Å². The van der Waals surface area contributed by atoms with E-state index >= 15 is 0 Å². The summed E-state index contributed by atoms with van der Waals surface area (Å²) in [4.78, 5) is 17.3. The molecule has 1 aromatic rings. The van der Waals surface area contributed by atoms with Crippen molar-refractivity contribution < 1.29 is 4.79 Å². The second-order valence-corrected chi connectivity index (χ2v) is 4.28. The van der Waals surface area contributed by atoms with Crippen molar-refractivity contribution in [2.75, 3.05) is 17.2 Å². The number of aromatic nitrogens is 1. The van der Waals surface area contributed by atoms with E-state index in [1.54, 1.807) is 4.90 Å². The normalized spacial score (nSPS) is 21.1. The van der Waals surface area contributed by atoms with Crippen molar-refractivity contribution in [1.82, 2.24) is 4.98 Å². The quantitative estimate of drug-likeness (QED) is 0.734. The minimum Gasteiger partial charge on any atom is -0.382 e. The number of carbonyl (C=O) groups is 1. The molecule has 5 heteroatoms. The van der Waals surface area contributed by atoms with Crippen LogP contribution < -0.4 is 10.6 Å². The van der Waals surface area contributed by atoms with Gasteiger partial charge in [0.1, 0.15) is 5.82 Å². The van der Waals surface area contributed by atoms with Crippen LogP contribution in [0.1, 0.15) is 12.1 Å². The molecule has 1 saturated heterocycles. The third kappa shape index (κ3) is 1.90. The van der Waals surface area contributed by atoms with Crippen molar-refractivity contribution in [3.8, 4) is 0 Å². The molecule has 0 aliphatic carbocycles. The average molecular weight is 226 g/mol. The first-order valence-electron chi connectivity index (χ1n) is 4.75. The zero-order valence-electron chi connectivity index (χ0n) is 8.40. The number of nitrogens with zero attached hydrogens (tertiary/aromatic N) is 2. The van der Waals surface area contributed by atoms with Crippen molar-refractivity contribution in [2.45, 2.75) is 18.7 Å². The first kappa shape index (κ1) is 10.2. The Labute approximate surface area is 93.0 Å². The molecule has 0 spiro atoms. The lowest BCUT2D eigenvalue weighted by atomic mass is 10.3. The van der Waals surface area contributed by atoms with Gasteiger partial charge in [-0.15, -0.1) is 11.6 Å². The zero-order valence-corrected chi connectivity index (χ0v) is 9.16. The standard InChI is InChI=1S/C10H12ClN3O/c1-6-2-3-8(10(12)13-6)14-5-7(11)4-9(14)15/h2-3,7H,4-5H2,1H3,(H2,12,13). The van der Waals surface area contributed by atoms with E-state index in [2.05, 4.69) is 4.98 Å². The Morgan fingerprint density at radius 1 is 1.60 bits per heavy atom. The highest BCUT2D eigenvalue weighted by Gasteiger charge is 2.30. The van der Waals surface area contributed by atoms with Crippen LogP contribution in [0.4, 0.5) is 11.5 Å². The molecule has 2 heterocycles. The fourth-order valence-electron chi connectivity index (χ4n) is 1.69. The van der Waals surface area contributed by atoms with E-state index in [1.807, 2.05) is 19.1 Å². The number of anilines is 2. The van der Waals surface area contributed by atoms with Crippen molar-refractivity contribution >= 4 is 29.0 Å². The molecule has 0 saturated carbocycles. The fourth-order valence-corrected chi connectivity index (χ4v) is 1.96. The molecule has 80 valence electrons. The summed E-state index contributed by atoms with van der Waals surface area (Å²) in [6, 6.07) is 3.64. The summed E-state index contributed by atoms with van der Waals surface area (Å²) in [5.74, 6) is 0.390. The van der Waals surface area contributed by atoms with Crippen LogP contribution in [-0.2, 0) is 4.79 Å². The third-order valence-corrected chi connectivity index (χ3v) is 2.70. The van der Waals surface area contributed by atoms with Crippen molar-refractivity contribution in [3.63, 3.8) is 0 Å². The molecule has 0 aromatic carbocycles. The maximum atomic E-state index is 11.6. The molecular weight excluding hydrogens is 214 g/mol. The van der Waals surface area contributed by atoms with Gasteiger partial charge in [0.25, 0.3) is 0 Å². The number of aryl methyl sites for hydroxylation is 1. The van der Waals surface area contributed by atoms with Crippen LogP contribution in [0.5, 0.6) is 0 Å². The number of pyridine rings is 1. The summed E-state index contributed by atoms with van der Waals surface area (Å²) in [6.45, 7) is 2.37. The Morgan fingerprint density at radius 3 is 2.87 bits per heavy atom. The number of nitrogens with two attached hydrogens (primary N) is 1. The number of rotatable bonds is 1. The molecule has 1 aromatic heterocycles. The van der Waals surface area contributed by atoms with Gasteiger partial charge in [0.05, 0.1) is 11.1 Å². The minimum absolute atomic E-state index is 0.00681. The molecule has 0 radical (unpaired) electrons. The number of hydrogen-bond donors (Lipinski definition) is 1. The van der Waals surface area contributed by atoms with E-state index in [9.17, 15) is 4.79 Å². The number of carbonyl (C=O) groups excluding carboxylic acids is 1. The Kier molecular flexibility index (Phi) is 2.52. The number of amides is 1. The topological polar surface area (TPSA) is 59.2 Å². The highest BCUT2D eigenvalue weighted by molar-refractivity contribution is 6.24. The molecule has 4 nitrogen and oxygen atoms in total. The SMILES string of the molecule is Cc1ccc(N2CC(Cl)CC2=O)c(N)n1. The molecule has 1 unspecified atom stereocenters. The molecular formula is C10H12ClN3O. The number of nitrogen functional groups attached to an aromatic ring is 1. The smallest absolute Gasteiger partial charge is 0.228 e. The van der Waals surface area contributed by atoms with Gasteiger partial charge in [-0.3, -0.25) is 4.79 Å². The van der Waals surface area contributed by atoms with Gasteiger partial charge >= 0.3 is 0 Å². The van der Waals surface area contributed by atoms with Crippen LogP contribution >= 0.6 is 11.6 Å². The van der Waals surface area contributed by atoms with Gasteiger partial charge in [-0.1, -0.05) is 0 Å². The minimum atomic E-state index is -0.127. The van der Waals surface area contributed by atoms with E-state index in [4.69, 9.17) is 17.3 Å². The second-order valence-electron chi connectivity index (χ2n) is 3.66. The van der Waals surface area contributed by atoms with Crippen molar-refractivity contribution in [1.29, 1.82) is 0 Å². The largest absolute Gasteiger partial charge is 0.382 e. The van der Waals surface area contributed by atoms with Gasteiger partial charge in [-0.05, 0) is 19.1 Å². The van der Waals surface area contributed by atoms with Crippen LogP contribution in [-0.4, -0.2) is 22.8 Å². The fraction of sp³-hybridized carbons (Fsp3) is 0.400. The van der Waals surface area contributed by atoms with Crippen LogP contribution in [0, 0.1) is 6.92 Å². The third-order valence-electron chi connectivity index (χ3n) is 2.41. The van der Waals surface area contributed by atoms with E-state index in [-0.39, 0.29) is 11.3 Å². The first-order valence-corrected chi connectivity index (χ1v) is 5.19. The number of alkyl halides is 1. The van der Waals surface area contributed by atoms with Crippen LogP contribution in [0.2, 0.25) is 0 Å². The van der Waals surface area contributed by atoms with Gasteiger partial charge in [-0.25, -0.2) is 4.98 Å². The predicted octanol–water partition coefficient (Wildman–Crippen LogP) is 1.32. The number of hydrogen-bond acceptors (Lipinski definition) is 3. The predicted molar refractivity (Wildman–Crippen MR) is 60.0 cm³/mol. The van der Waals surface area contributed by atoms with Gasteiger partial charge in [-0.2, -0.15) is 0 Å². The summed E-state index contributed by atoms with van der Waals surface area (Å²) < 4.78 is 0. The van der Waals surface area contributed by atoms with E-state index < -0.39 is 0 Å². The molecule has 1 atom stereocenters. The summed E-state index contributed by atoms with van der Waals surface area (Å²) in [7, 11) is 0. The van der Waals surface area contributed by atoms with Gasteiger partial charge in [0.15, 0.2) is 0 Å². The van der Waals surface area contributed by atoms with Crippen molar-refractivity contribution in [3.05, 3.63) is 17.8 Å². The lowest BCUT2D eigenvalue weighted by Gasteiger charge is -2.17. The summed E-state index contributed by atoms with van der Waals surface area (Å²) in [5, 5.41) is -0.127. The Balaban J connectivity index is 2.34. The first-order chi connectivity index (χ1) is 7.08. The van der Waals surface area contributed by atoms with Gasteiger partial charge in [0.2, 0.25) is 5.91 Å². The Morgan fingerprint density at radius 2 is 2.33 bits per heavy atom. The average Bonchev–Trinajstić information content (AvgIpc) is 2.45. The van der Waals surface area contributed by atoms with E-state index in [0.717, 1.165) is 5.69 Å². The molecule has 0 bridgehead atoms. The molecule has 1 aliphatic rings. The lowest BCUT2D eigenvalue weighted by molar-refractivity contribution is -0.117. The Hall–Kier alpha value is -1.29. The molecule has 2 rings (SSSR count). The van der Waals surface area contributed by atoms with Crippen LogP contribution in [0.15, 0.2) is 12.1 Å². The van der Waals surface area contributed by atoms with Crippen LogP contribution in [0.25, 0.3) is 0 Å². The maximum Gasteiger partial charge on any atom is 0.228 e. The molecule has 1 fully saturated rings. The van der Waals surface area contributed by atoms with Gasteiger partial charge < -0.3 is 10.6 Å². The highest BCUT2D eigenvalue weighted by Crippen LogP contribution is 2.27. The number of halogens is 1. The second kappa shape index (κ2) is 3.70. The molecule has 15 heavy (non-hydrogen) atoms. The maximum absolute atomic E-state index is 11.6. The van der Waals surface area contributed by atoms with E-state index in [0.29, 0.717) is 24.5 Å². The Bertz CT molecular complexity index is 408. The monoisotopic (exact) mass is 225 g/mol. The molecule has 1 aliphatic heterocycles. The van der Waals surface area contributed by atoms with Crippen molar-refractivity contribution in [2.24, 2.45) is 0 Å².